The van der Waals surface area contributed by atoms with E-state index in [0.29, 0.717) is 30.3 Å². The van der Waals surface area contributed by atoms with E-state index in [1.165, 1.54) is 12.8 Å². The maximum absolute atomic E-state index is 12.2. The number of amides is 1. The fraction of sp³-hybridized carbons (Fsp3) is 0.941. The lowest BCUT2D eigenvalue weighted by atomic mass is 9.85. The SMILES string of the molecule is CC(CC(=O)NC1CCN(C(C)C)CC1)C1CCCNC1.Cl. The summed E-state index contributed by atoms with van der Waals surface area (Å²) in [6.07, 6.45) is 5.42. The molecule has 5 heteroatoms. The van der Waals surface area contributed by atoms with Gasteiger partial charge >= 0.3 is 0 Å². The Bertz CT molecular complexity index is 324. The molecule has 0 radical (unpaired) electrons. The third-order valence-corrected chi connectivity index (χ3v) is 5.27. The number of hydrogen-bond donors (Lipinski definition) is 2. The molecule has 2 heterocycles. The molecule has 2 rings (SSSR count). The fourth-order valence-corrected chi connectivity index (χ4v) is 3.67. The number of piperidine rings is 2. The van der Waals surface area contributed by atoms with Crippen LogP contribution in [0.3, 0.4) is 0 Å². The number of halogens is 1. The standard InChI is InChI=1S/C17H33N3O.ClH/c1-13(2)20-9-6-16(7-10-20)19-17(21)11-14(3)15-5-4-8-18-12-15;/h13-16,18H,4-12H2,1-3H3,(H,19,21);1H. The smallest absolute Gasteiger partial charge is 0.220 e. The van der Waals surface area contributed by atoms with E-state index in [0.717, 1.165) is 39.0 Å². The summed E-state index contributed by atoms with van der Waals surface area (Å²) in [4.78, 5) is 14.7. The maximum Gasteiger partial charge on any atom is 0.220 e. The quantitative estimate of drug-likeness (QED) is 0.813. The molecule has 130 valence electrons. The summed E-state index contributed by atoms with van der Waals surface area (Å²) >= 11 is 0. The van der Waals surface area contributed by atoms with Gasteiger partial charge in [0, 0.05) is 31.6 Å². The summed E-state index contributed by atoms with van der Waals surface area (Å²) in [5.74, 6) is 1.43. The van der Waals surface area contributed by atoms with E-state index in [9.17, 15) is 4.79 Å². The van der Waals surface area contributed by atoms with Crippen molar-refractivity contribution in [3.63, 3.8) is 0 Å². The van der Waals surface area contributed by atoms with Crippen molar-refractivity contribution in [3.05, 3.63) is 0 Å². The molecule has 0 aliphatic carbocycles. The Balaban J connectivity index is 0.00000242. The van der Waals surface area contributed by atoms with Gasteiger partial charge in [0.15, 0.2) is 0 Å². The highest BCUT2D eigenvalue weighted by Gasteiger charge is 2.25. The molecule has 0 aromatic heterocycles. The van der Waals surface area contributed by atoms with Crippen LogP contribution in [0.25, 0.3) is 0 Å². The molecule has 2 aliphatic rings. The molecule has 22 heavy (non-hydrogen) atoms. The summed E-state index contributed by atoms with van der Waals surface area (Å²) in [5.41, 5.74) is 0. The van der Waals surface area contributed by atoms with Gasteiger partial charge < -0.3 is 15.5 Å². The average molecular weight is 332 g/mol. The third-order valence-electron chi connectivity index (χ3n) is 5.27. The van der Waals surface area contributed by atoms with Gasteiger partial charge in [0.1, 0.15) is 0 Å². The van der Waals surface area contributed by atoms with E-state index in [2.05, 4.69) is 36.3 Å². The van der Waals surface area contributed by atoms with Crippen LogP contribution in [-0.2, 0) is 4.79 Å². The van der Waals surface area contributed by atoms with Crippen molar-refractivity contribution >= 4 is 18.3 Å². The van der Waals surface area contributed by atoms with Gasteiger partial charge in [-0.05, 0) is 64.5 Å². The fourth-order valence-electron chi connectivity index (χ4n) is 3.67. The predicted molar refractivity (Wildman–Crippen MR) is 94.5 cm³/mol. The number of hydrogen-bond acceptors (Lipinski definition) is 3. The number of nitrogens with zero attached hydrogens (tertiary/aromatic N) is 1. The topological polar surface area (TPSA) is 44.4 Å². The molecule has 1 amide bonds. The third kappa shape index (κ3) is 6.05. The van der Waals surface area contributed by atoms with E-state index >= 15 is 0 Å². The van der Waals surface area contributed by atoms with Gasteiger partial charge in [-0.2, -0.15) is 0 Å². The van der Waals surface area contributed by atoms with E-state index in [-0.39, 0.29) is 18.3 Å². The van der Waals surface area contributed by atoms with Gasteiger partial charge in [-0.3, -0.25) is 4.79 Å². The number of carbonyl (C=O) groups is 1. The van der Waals surface area contributed by atoms with E-state index < -0.39 is 0 Å². The van der Waals surface area contributed by atoms with Gasteiger partial charge in [0.2, 0.25) is 5.91 Å². The molecule has 0 aromatic rings. The first-order valence-electron chi connectivity index (χ1n) is 8.80. The average Bonchev–Trinajstić information content (AvgIpc) is 2.48. The van der Waals surface area contributed by atoms with Crippen LogP contribution in [0, 0.1) is 11.8 Å². The van der Waals surface area contributed by atoms with Crippen molar-refractivity contribution in [3.8, 4) is 0 Å². The molecule has 2 aliphatic heterocycles. The zero-order valence-electron chi connectivity index (χ0n) is 14.4. The number of nitrogens with one attached hydrogen (secondary N) is 2. The lowest BCUT2D eigenvalue weighted by Gasteiger charge is -2.35. The zero-order chi connectivity index (χ0) is 15.2. The summed E-state index contributed by atoms with van der Waals surface area (Å²) in [5, 5.41) is 6.71. The maximum atomic E-state index is 12.2. The Morgan fingerprint density at radius 3 is 2.45 bits per heavy atom. The molecule has 2 unspecified atom stereocenters. The Kier molecular flexibility index (Phi) is 8.73. The van der Waals surface area contributed by atoms with Crippen molar-refractivity contribution in [1.29, 1.82) is 0 Å². The molecule has 2 fully saturated rings. The molecular weight excluding hydrogens is 298 g/mol. The normalized spacial score (nSPS) is 25.5. The predicted octanol–water partition coefficient (Wildman–Crippen LogP) is 2.42. The summed E-state index contributed by atoms with van der Waals surface area (Å²) in [6, 6.07) is 1.02. The minimum Gasteiger partial charge on any atom is -0.353 e. The van der Waals surface area contributed by atoms with Crippen LogP contribution in [0.1, 0.15) is 52.9 Å². The van der Waals surface area contributed by atoms with Crippen LogP contribution in [0.2, 0.25) is 0 Å². The van der Waals surface area contributed by atoms with Crippen LogP contribution >= 0.6 is 12.4 Å². The van der Waals surface area contributed by atoms with E-state index in [4.69, 9.17) is 0 Å². The molecule has 0 bridgehead atoms. The summed E-state index contributed by atoms with van der Waals surface area (Å²) in [6.45, 7) is 11.2. The van der Waals surface area contributed by atoms with E-state index in [1.807, 2.05) is 0 Å². The largest absolute Gasteiger partial charge is 0.353 e. The van der Waals surface area contributed by atoms with Gasteiger partial charge in [-0.1, -0.05) is 6.92 Å². The lowest BCUT2D eigenvalue weighted by Crippen LogP contribution is -2.47. The highest BCUT2D eigenvalue weighted by molar-refractivity contribution is 5.85. The van der Waals surface area contributed by atoms with Crippen molar-refractivity contribution in [2.75, 3.05) is 26.2 Å². The number of carbonyl (C=O) groups excluding carboxylic acids is 1. The molecule has 4 nitrogen and oxygen atoms in total. The van der Waals surface area contributed by atoms with Gasteiger partial charge in [-0.15, -0.1) is 12.4 Å². The number of likely N-dealkylation sites (tertiary alicyclic amines) is 1. The molecule has 2 saturated heterocycles. The Morgan fingerprint density at radius 1 is 1.23 bits per heavy atom. The molecule has 0 saturated carbocycles. The van der Waals surface area contributed by atoms with Crippen molar-refractivity contribution in [1.82, 2.24) is 15.5 Å². The van der Waals surface area contributed by atoms with Crippen molar-refractivity contribution in [2.45, 2.75) is 65.0 Å². The summed E-state index contributed by atoms with van der Waals surface area (Å²) < 4.78 is 0. The molecule has 0 aromatic carbocycles. The van der Waals surface area contributed by atoms with Crippen molar-refractivity contribution < 1.29 is 4.79 Å². The molecule has 2 N–H and O–H groups in total. The Hall–Kier alpha value is -0.320. The Labute approximate surface area is 142 Å². The minimum absolute atomic E-state index is 0. The van der Waals surface area contributed by atoms with E-state index in [1.54, 1.807) is 0 Å². The van der Waals surface area contributed by atoms with Crippen LogP contribution in [0.15, 0.2) is 0 Å². The van der Waals surface area contributed by atoms with Crippen LogP contribution in [0.5, 0.6) is 0 Å². The monoisotopic (exact) mass is 331 g/mol. The highest BCUT2D eigenvalue weighted by Crippen LogP contribution is 2.22. The van der Waals surface area contributed by atoms with Crippen LogP contribution in [0.4, 0.5) is 0 Å². The second-order valence-corrected chi connectivity index (χ2v) is 7.26. The first-order chi connectivity index (χ1) is 10.1. The molecular formula is C17H34ClN3O. The minimum atomic E-state index is 0. The highest BCUT2D eigenvalue weighted by atomic mass is 35.5. The molecule has 2 atom stereocenters. The van der Waals surface area contributed by atoms with Crippen LogP contribution < -0.4 is 10.6 Å². The lowest BCUT2D eigenvalue weighted by molar-refractivity contribution is -0.123. The second-order valence-electron chi connectivity index (χ2n) is 7.26. The molecule has 0 spiro atoms. The zero-order valence-corrected chi connectivity index (χ0v) is 15.3. The van der Waals surface area contributed by atoms with Crippen molar-refractivity contribution in [2.24, 2.45) is 11.8 Å². The first kappa shape index (κ1) is 19.7. The van der Waals surface area contributed by atoms with Gasteiger partial charge in [0.25, 0.3) is 0 Å². The second kappa shape index (κ2) is 9.74. The van der Waals surface area contributed by atoms with Gasteiger partial charge in [0.05, 0.1) is 0 Å². The number of rotatable bonds is 5. The first-order valence-corrected chi connectivity index (χ1v) is 8.80. The van der Waals surface area contributed by atoms with Gasteiger partial charge in [-0.25, -0.2) is 0 Å². The Morgan fingerprint density at radius 2 is 1.91 bits per heavy atom. The summed E-state index contributed by atoms with van der Waals surface area (Å²) in [7, 11) is 0. The van der Waals surface area contributed by atoms with Crippen LogP contribution in [-0.4, -0.2) is 49.1 Å².